The number of rotatable bonds is 5. The summed E-state index contributed by atoms with van der Waals surface area (Å²) in [5, 5.41) is 2.77. The van der Waals surface area contributed by atoms with Crippen molar-refractivity contribution in [2.45, 2.75) is 31.0 Å². The molecule has 2 aromatic carbocycles. The first-order chi connectivity index (χ1) is 17.9. The minimum Gasteiger partial charge on any atom is -0.368 e. The largest absolute Gasteiger partial charge is 0.418 e. The number of anilines is 2. The van der Waals surface area contributed by atoms with Crippen molar-refractivity contribution in [2.75, 3.05) is 62.2 Å². The first-order valence-electron chi connectivity index (χ1n) is 12.4. The van der Waals surface area contributed by atoms with Gasteiger partial charge in [-0.15, -0.1) is 0 Å². The normalized spacial score (nSPS) is 19.5. The highest BCUT2D eigenvalue weighted by Gasteiger charge is 2.39. The van der Waals surface area contributed by atoms with Crippen LogP contribution in [-0.4, -0.2) is 82.1 Å². The molecule has 2 fully saturated rings. The first-order valence-corrected chi connectivity index (χ1v) is 13.9. The monoisotopic (exact) mass is 557 g/mol. The molecule has 8 nitrogen and oxygen atoms in total. The van der Waals surface area contributed by atoms with Crippen molar-refractivity contribution in [3.63, 3.8) is 0 Å². The van der Waals surface area contributed by atoms with Crippen LogP contribution in [0.1, 0.15) is 19.4 Å². The Morgan fingerprint density at radius 2 is 1.68 bits per heavy atom. The van der Waals surface area contributed by atoms with E-state index in [1.54, 1.807) is 24.0 Å². The number of amides is 2. The Balaban J connectivity index is 1.48. The Bertz CT molecular complexity index is 1270. The highest BCUT2D eigenvalue weighted by molar-refractivity contribution is 7.89. The second-order valence-corrected chi connectivity index (χ2v) is 11.3. The van der Waals surface area contributed by atoms with Gasteiger partial charge in [-0.2, -0.15) is 17.5 Å². The van der Waals surface area contributed by atoms with Crippen LogP contribution in [0.3, 0.4) is 0 Å². The predicted octanol–water partition coefficient (Wildman–Crippen LogP) is 3.60. The minimum absolute atomic E-state index is 0.0202. The van der Waals surface area contributed by atoms with Gasteiger partial charge in [0.25, 0.3) is 0 Å². The van der Waals surface area contributed by atoms with Gasteiger partial charge < -0.3 is 20.0 Å². The zero-order valence-electron chi connectivity index (χ0n) is 21.2. The van der Waals surface area contributed by atoms with Crippen LogP contribution in [0.15, 0.2) is 47.4 Å². The lowest BCUT2D eigenvalue weighted by atomic mass is 10.1. The average molecular weight is 558 g/mol. The molecule has 2 amide bonds. The third kappa shape index (κ3) is 5.83. The fourth-order valence-corrected chi connectivity index (χ4v) is 6.59. The van der Waals surface area contributed by atoms with Gasteiger partial charge in [0.15, 0.2) is 0 Å². The topological polar surface area (TPSA) is 76.2 Å². The second kappa shape index (κ2) is 11.0. The molecule has 0 unspecified atom stereocenters. The lowest BCUT2D eigenvalue weighted by molar-refractivity contribution is -0.137. The standard InChI is InChI=1S/C25H31F4N5O3S/c1-3-30-24(35)32-11-9-31(10-12-32)20-5-4-6-21(16-20)38(36,37)34-14-13-33(17-18(34)2)23-8-7-19(26)15-22(23)25(27,28)29/h4-8,15-16,18H,3,9-14,17H2,1-2H3,(H,30,35)/t18-/m1/s1. The molecular weight excluding hydrogens is 526 g/mol. The maximum absolute atomic E-state index is 13.6. The van der Waals surface area contributed by atoms with Crippen LogP contribution in [0, 0.1) is 5.82 Å². The van der Waals surface area contributed by atoms with E-state index in [1.165, 1.54) is 15.3 Å². The molecule has 0 radical (unpaired) electrons. The summed E-state index contributed by atoms with van der Waals surface area (Å²) in [6.07, 6.45) is -4.74. The molecule has 2 aliphatic heterocycles. The third-order valence-electron chi connectivity index (χ3n) is 6.86. The average Bonchev–Trinajstić information content (AvgIpc) is 2.88. The first kappa shape index (κ1) is 28.0. The number of carbonyl (C=O) groups excluding carboxylic acids is 1. The summed E-state index contributed by atoms with van der Waals surface area (Å²) in [4.78, 5) is 17.3. The molecule has 0 spiro atoms. The highest BCUT2D eigenvalue weighted by atomic mass is 32.2. The number of carbonyl (C=O) groups is 1. The van der Waals surface area contributed by atoms with Gasteiger partial charge >= 0.3 is 12.2 Å². The van der Waals surface area contributed by atoms with Crippen LogP contribution in [0.2, 0.25) is 0 Å². The summed E-state index contributed by atoms with van der Waals surface area (Å²) in [7, 11) is -3.93. The zero-order chi connectivity index (χ0) is 27.7. The van der Waals surface area contributed by atoms with Gasteiger partial charge in [0.2, 0.25) is 10.0 Å². The van der Waals surface area contributed by atoms with Crippen molar-refractivity contribution < 1.29 is 30.8 Å². The van der Waals surface area contributed by atoms with E-state index >= 15 is 0 Å². The Morgan fingerprint density at radius 1 is 1.00 bits per heavy atom. The SMILES string of the molecule is CCNC(=O)N1CCN(c2cccc(S(=O)(=O)N3CCN(c4ccc(F)cc4C(F)(F)F)C[C@H]3C)c2)CC1. The molecule has 0 aromatic heterocycles. The van der Waals surface area contributed by atoms with Crippen molar-refractivity contribution in [1.29, 1.82) is 0 Å². The molecule has 2 aromatic rings. The van der Waals surface area contributed by atoms with E-state index in [9.17, 15) is 30.8 Å². The van der Waals surface area contributed by atoms with E-state index in [0.29, 0.717) is 44.5 Å². The lowest BCUT2D eigenvalue weighted by Crippen LogP contribution is -2.54. The molecule has 4 rings (SSSR count). The molecule has 2 aliphatic rings. The summed E-state index contributed by atoms with van der Waals surface area (Å²) in [6, 6.07) is 8.35. The molecule has 2 heterocycles. The molecule has 208 valence electrons. The molecule has 1 atom stereocenters. The smallest absolute Gasteiger partial charge is 0.368 e. The van der Waals surface area contributed by atoms with Crippen LogP contribution in [0.4, 0.5) is 33.7 Å². The van der Waals surface area contributed by atoms with Gasteiger partial charge in [0, 0.05) is 69.8 Å². The quantitative estimate of drug-likeness (QED) is 0.569. The van der Waals surface area contributed by atoms with Gasteiger partial charge in [-0.1, -0.05) is 6.07 Å². The van der Waals surface area contributed by atoms with Crippen LogP contribution < -0.4 is 15.1 Å². The molecule has 13 heteroatoms. The Labute approximate surface area is 219 Å². The summed E-state index contributed by atoms with van der Waals surface area (Å²) >= 11 is 0. The third-order valence-corrected chi connectivity index (χ3v) is 8.87. The molecule has 2 saturated heterocycles. The maximum Gasteiger partial charge on any atom is 0.418 e. The number of benzene rings is 2. The highest BCUT2D eigenvalue weighted by Crippen LogP contribution is 2.38. The number of nitrogens with one attached hydrogen (secondary N) is 1. The van der Waals surface area contributed by atoms with Gasteiger partial charge in [-0.3, -0.25) is 0 Å². The molecular formula is C25H31F4N5O3S. The maximum atomic E-state index is 13.6. The number of hydrogen-bond acceptors (Lipinski definition) is 5. The van der Waals surface area contributed by atoms with E-state index in [1.807, 2.05) is 17.9 Å². The van der Waals surface area contributed by atoms with Crippen molar-refractivity contribution in [3.8, 4) is 0 Å². The number of nitrogens with zero attached hydrogens (tertiary/aromatic N) is 4. The summed E-state index contributed by atoms with van der Waals surface area (Å²) in [5.41, 5.74) is -0.536. The molecule has 1 N–H and O–H groups in total. The Hall–Kier alpha value is -3.06. The van der Waals surface area contributed by atoms with Crippen LogP contribution in [-0.2, 0) is 16.2 Å². The molecule has 0 bridgehead atoms. The van der Waals surface area contributed by atoms with Gasteiger partial charge in [-0.25, -0.2) is 17.6 Å². The fourth-order valence-electron chi connectivity index (χ4n) is 4.93. The van der Waals surface area contributed by atoms with Crippen molar-refractivity contribution in [2.24, 2.45) is 0 Å². The fraction of sp³-hybridized carbons (Fsp3) is 0.480. The van der Waals surface area contributed by atoms with E-state index in [2.05, 4.69) is 5.32 Å². The Kier molecular flexibility index (Phi) is 8.07. The van der Waals surface area contributed by atoms with Gasteiger partial charge in [0.1, 0.15) is 5.82 Å². The molecule has 0 saturated carbocycles. The molecule has 38 heavy (non-hydrogen) atoms. The minimum atomic E-state index is -4.74. The summed E-state index contributed by atoms with van der Waals surface area (Å²) in [6.45, 7) is 6.18. The van der Waals surface area contributed by atoms with Crippen molar-refractivity contribution >= 4 is 27.4 Å². The van der Waals surface area contributed by atoms with Gasteiger partial charge in [-0.05, 0) is 50.2 Å². The van der Waals surface area contributed by atoms with Crippen LogP contribution in [0.5, 0.6) is 0 Å². The van der Waals surface area contributed by atoms with Crippen molar-refractivity contribution in [1.82, 2.24) is 14.5 Å². The van der Waals surface area contributed by atoms with Gasteiger partial charge in [0.05, 0.1) is 10.5 Å². The van der Waals surface area contributed by atoms with E-state index < -0.39 is 33.6 Å². The number of piperazine rings is 2. The zero-order valence-corrected chi connectivity index (χ0v) is 22.0. The van der Waals surface area contributed by atoms with E-state index in [0.717, 1.165) is 12.1 Å². The second-order valence-electron chi connectivity index (χ2n) is 9.38. The number of urea groups is 1. The lowest BCUT2D eigenvalue weighted by Gasteiger charge is -2.41. The number of halogens is 4. The molecule has 0 aliphatic carbocycles. The van der Waals surface area contributed by atoms with Crippen LogP contribution in [0.25, 0.3) is 0 Å². The number of hydrogen-bond donors (Lipinski definition) is 1. The van der Waals surface area contributed by atoms with Crippen molar-refractivity contribution in [3.05, 3.63) is 53.8 Å². The summed E-state index contributed by atoms with van der Waals surface area (Å²) in [5.74, 6) is -0.985. The van der Waals surface area contributed by atoms with E-state index in [-0.39, 0.29) is 36.2 Å². The summed E-state index contributed by atoms with van der Waals surface area (Å²) < 4.78 is 82.6. The number of alkyl halides is 3. The number of sulfonamides is 1. The predicted molar refractivity (Wildman–Crippen MR) is 136 cm³/mol. The van der Waals surface area contributed by atoms with E-state index in [4.69, 9.17) is 0 Å². The van der Waals surface area contributed by atoms with Crippen LogP contribution >= 0.6 is 0 Å². The Morgan fingerprint density at radius 3 is 2.32 bits per heavy atom.